The number of carbonyl (C=O) groups excluding carboxylic acids is 2. The lowest BCUT2D eigenvalue weighted by atomic mass is 10.2. The molecule has 7 nitrogen and oxygen atoms in total. The Morgan fingerprint density at radius 3 is 2.70 bits per heavy atom. The number of thioether (sulfide) groups is 2. The van der Waals surface area contributed by atoms with Gasteiger partial charge in [0.1, 0.15) is 0 Å². The maximum atomic E-state index is 12.4. The number of hydrogen-bond donors (Lipinski definition) is 2. The SMILES string of the molecule is CCC(=O)Nc1ccc2nc(SCC(=O)Nc3nnc(SCc4cccc(Br)c4)s3)sc2c1. The van der Waals surface area contributed by atoms with Crippen molar-refractivity contribution in [1.82, 2.24) is 15.2 Å². The van der Waals surface area contributed by atoms with Gasteiger partial charge in [0.2, 0.25) is 16.9 Å². The van der Waals surface area contributed by atoms with Crippen LogP contribution in [0.1, 0.15) is 18.9 Å². The molecule has 2 heterocycles. The van der Waals surface area contributed by atoms with Crippen LogP contribution in [0.15, 0.2) is 55.6 Å². The zero-order valence-corrected chi connectivity index (χ0v) is 22.2. The molecule has 0 spiro atoms. The molecule has 0 saturated heterocycles. The zero-order valence-electron chi connectivity index (χ0n) is 17.3. The molecular formula is C21H18BrN5O2S4. The molecule has 2 N–H and O–H groups in total. The van der Waals surface area contributed by atoms with Gasteiger partial charge in [-0.15, -0.1) is 21.5 Å². The number of anilines is 2. The minimum absolute atomic E-state index is 0.0310. The lowest BCUT2D eigenvalue weighted by Gasteiger charge is -2.02. The van der Waals surface area contributed by atoms with Gasteiger partial charge >= 0.3 is 0 Å². The number of thiazole rings is 1. The second-order valence-corrected chi connectivity index (χ2v) is 12.1. The molecule has 0 bridgehead atoms. The van der Waals surface area contributed by atoms with Gasteiger partial charge in [-0.05, 0) is 35.9 Å². The summed E-state index contributed by atoms with van der Waals surface area (Å²) in [4.78, 5) is 28.5. The van der Waals surface area contributed by atoms with Crippen LogP contribution in [0.5, 0.6) is 0 Å². The van der Waals surface area contributed by atoms with E-state index in [1.165, 1.54) is 40.0 Å². The Morgan fingerprint density at radius 2 is 1.88 bits per heavy atom. The number of nitrogens with one attached hydrogen (secondary N) is 2. The van der Waals surface area contributed by atoms with Gasteiger partial charge in [-0.1, -0.05) is 69.8 Å². The molecule has 0 unspecified atom stereocenters. The van der Waals surface area contributed by atoms with Gasteiger partial charge in [-0.25, -0.2) is 4.98 Å². The summed E-state index contributed by atoms with van der Waals surface area (Å²) in [5, 5.41) is 14.3. The van der Waals surface area contributed by atoms with Gasteiger partial charge in [-0.3, -0.25) is 14.9 Å². The first-order valence-corrected chi connectivity index (χ1v) is 14.2. The fraction of sp³-hybridized carbons (Fsp3) is 0.190. The Morgan fingerprint density at radius 1 is 1.00 bits per heavy atom. The van der Waals surface area contributed by atoms with Crippen LogP contribution in [-0.2, 0) is 15.3 Å². The van der Waals surface area contributed by atoms with Gasteiger partial charge in [0.05, 0.1) is 16.0 Å². The molecule has 0 aliphatic carbocycles. The highest BCUT2D eigenvalue weighted by molar-refractivity contribution is 9.10. The van der Waals surface area contributed by atoms with Gasteiger partial charge in [-0.2, -0.15) is 0 Å². The van der Waals surface area contributed by atoms with Crippen LogP contribution >= 0.6 is 62.1 Å². The molecular weight excluding hydrogens is 562 g/mol. The minimum Gasteiger partial charge on any atom is -0.326 e. The van der Waals surface area contributed by atoms with E-state index in [0.717, 1.165) is 34.8 Å². The minimum atomic E-state index is -0.158. The summed E-state index contributed by atoms with van der Waals surface area (Å²) < 4.78 is 3.60. The largest absolute Gasteiger partial charge is 0.326 e. The van der Waals surface area contributed by atoms with E-state index in [9.17, 15) is 9.59 Å². The molecule has 12 heteroatoms. The first-order chi connectivity index (χ1) is 16.0. The molecule has 170 valence electrons. The number of benzene rings is 2. The number of rotatable bonds is 9. The Labute approximate surface area is 215 Å². The number of aromatic nitrogens is 3. The third-order valence-corrected chi connectivity index (χ3v) is 8.90. The second-order valence-electron chi connectivity index (χ2n) is 6.69. The summed E-state index contributed by atoms with van der Waals surface area (Å²) in [5.41, 5.74) is 2.77. The van der Waals surface area contributed by atoms with Gasteiger partial charge in [0.15, 0.2) is 8.68 Å². The number of hydrogen-bond acceptors (Lipinski definition) is 9. The highest BCUT2D eigenvalue weighted by Gasteiger charge is 2.12. The normalized spacial score (nSPS) is 11.0. The monoisotopic (exact) mass is 579 g/mol. The Kier molecular flexibility index (Phi) is 8.36. The van der Waals surface area contributed by atoms with Gasteiger partial charge < -0.3 is 5.32 Å². The van der Waals surface area contributed by atoms with Crippen molar-refractivity contribution >= 4 is 95.0 Å². The fourth-order valence-electron chi connectivity index (χ4n) is 2.67. The van der Waals surface area contributed by atoms with Crippen LogP contribution < -0.4 is 10.6 Å². The van der Waals surface area contributed by atoms with E-state index in [-0.39, 0.29) is 17.6 Å². The highest BCUT2D eigenvalue weighted by Crippen LogP contribution is 2.32. The van der Waals surface area contributed by atoms with Gasteiger partial charge in [0, 0.05) is 22.3 Å². The molecule has 0 radical (unpaired) electrons. The van der Waals surface area contributed by atoms with E-state index in [1.54, 1.807) is 11.8 Å². The standard InChI is InChI=1S/C21H18BrN5O2S4/c1-2-17(28)23-14-6-7-15-16(9-14)32-20(24-15)31-11-18(29)25-19-26-27-21(33-19)30-10-12-4-3-5-13(22)8-12/h3-9H,2,10-11H2,1H3,(H,23,28)(H,25,26,29). The summed E-state index contributed by atoms with van der Waals surface area (Å²) in [6.45, 7) is 1.81. The smallest absolute Gasteiger partial charge is 0.236 e. The molecule has 0 aliphatic rings. The molecule has 2 amide bonds. The summed E-state index contributed by atoms with van der Waals surface area (Å²) in [7, 11) is 0. The van der Waals surface area contributed by atoms with Crippen molar-refractivity contribution < 1.29 is 9.59 Å². The average Bonchev–Trinajstić information content (AvgIpc) is 3.42. The maximum Gasteiger partial charge on any atom is 0.236 e. The lowest BCUT2D eigenvalue weighted by Crippen LogP contribution is -2.13. The van der Waals surface area contributed by atoms with Crippen molar-refractivity contribution in [2.75, 3.05) is 16.4 Å². The van der Waals surface area contributed by atoms with E-state index in [2.05, 4.69) is 53.9 Å². The second kappa shape index (κ2) is 11.4. The first-order valence-electron chi connectivity index (χ1n) is 9.82. The predicted octanol–water partition coefficient (Wildman–Crippen LogP) is 6.28. The number of halogens is 1. The van der Waals surface area contributed by atoms with Crippen LogP contribution in [0, 0.1) is 0 Å². The van der Waals surface area contributed by atoms with E-state index in [1.807, 2.05) is 37.3 Å². The molecule has 0 aliphatic heterocycles. The van der Waals surface area contributed by atoms with Crippen molar-refractivity contribution in [1.29, 1.82) is 0 Å². The summed E-state index contributed by atoms with van der Waals surface area (Å²) in [6.07, 6.45) is 0.427. The summed E-state index contributed by atoms with van der Waals surface area (Å²) in [6, 6.07) is 13.7. The summed E-state index contributed by atoms with van der Waals surface area (Å²) >= 11 is 9.27. The fourth-order valence-corrected chi connectivity index (χ4v) is 6.73. The number of nitrogens with zero attached hydrogens (tertiary/aromatic N) is 3. The number of amides is 2. The molecule has 2 aromatic heterocycles. The molecule has 0 atom stereocenters. The average molecular weight is 581 g/mol. The Balaban J connectivity index is 1.28. The van der Waals surface area contributed by atoms with Crippen molar-refractivity contribution in [3.8, 4) is 0 Å². The van der Waals surface area contributed by atoms with Gasteiger partial charge in [0.25, 0.3) is 0 Å². The van der Waals surface area contributed by atoms with E-state index in [0.29, 0.717) is 11.6 Å². The molecule has 33 heavy (non-hydrogen) atoms. The maximum absolute atomic E-state index is 12.4. The van der Waals surface area contributed by atoms with Crippen LogP contribution in [0.25, 0.3) is 10.2 Å². The molecule has 0 saturated carbocycles. The van der Waals surface area contributed by atoms with Crippen molar-refractivity contribution in [2.45, 2.75) is 27.8 Å². The molecule has 2 aromatic carbocycles. The van der Waals surface area contributed by atoms with Crippen molar-refractivity contribution in [2.24, 2.45) is 0 Å². The molecule has 4 aromatic rings. The number of fused-ring (bicyclic) bond motifs is 1. The van der Waals surface area contributed by atoms with Crippen LogP contribution in [0.4, 0.5) is 10.8 Å². The Hall–Kier alpha value is -1.99. The van der Waals surface area contributed by atoms with E-state index in [4.69, 9.17) is 0 Å². The first kappa shape index (κ1) is 24.1. The Bertz CT molecular complexity index is 1290. The van der Waals surface area contributed by atoms with Crippen molar-refractivity contribution in [3.63, 3.8) is 0 Å². The lowest BCUT2D eigenvalue weighted by molar-refractivity contribution is -0.116. The van der Waals surface area contributed by atoms with Crippen LogP contribution in [0.2, 0.25) is 0 Å². The quantitative estimate of drug-likeness (QED) is 0.178. The zero-order chi connectivity index (χ0) is 23.2. The number of carbonyl (C=O) groups is 2. The molecule has 4 rings (SSSR count). The summed E-state index contributed by atoms with van der Waals surface area (Å²) in [5.74, 6) is 0.810. The van der Waals surface area contributed by atoms with Crippen LogP contribution in [0.3, 0.4) is 0 Å². The van der Waals surface area contributed by atoms with E-state index < -0.39 is 0 Å². The predicted molar refractivity (Wildman–Crippen MR) is 142 cm³/mol. The van der Waals surface area contributed by atoms with Crippen molar-refractivity contribution in [3.05, 3.63) is 52.5 Å². The van der Waals surface area contributed by atoms with E-state index >= 15 is 0 Å². The molecule has 0 fully saturated rings. The topological polar surface area (TPSA) is 96.9 Å². The third-order valence-electron chi connectivity index (χ3n) is 4.20. The van der Waals surface area contributed by atoms with Crippen LogP contribution in [-0.4, -0.2) is 32.7 Å². The highest BCUT2D eigenvalue weighted by atomic mass is 79.9. The third kappa shape index (κ3) is 7.00.